The molecular formula is C17H13F2N5O3S2. The standard InChI is InChI=1S/C17H13F2N5O3S2/c18-10-1-2-15(11(19)7-10)29(26,27)24-6-3-12-14(9-24)28-17(22-12)23-16(25)13-8-20-4-5-21-13/h1-2,4-5,7-8H,3,6,9H2,(H,22,23,25). The third-order valence-electron chi connectivity index (χ3n) is 4.22. The molecule has 1 aliphatic heterocycles. The maximum Gasteiger partial charge on any atom is 0.277 e. The minimum absolute atomic E-state index is 0.0207. The SMILES string of the molecule is O=C(Nc1nc2c(s1)CN(S(=O)(=O)c1ccc(F)cc1F)CC2)c1cnccn1. The minimum Gasteiger partial charge on any atom is -0.296 e. The number of carbonyl (C=O) groups excluding carboxylic acids is 1. The number of rotatable bonds is 4. The smallest absolute Gasteiger partial charge is 0.277 e. The third kappa shape index (κ3) is 3.86. The number of hydrogen-bond donors (Lipinski definition) is 1. The Labute approximate surface area is 168 Å². The highest BCUT2D eigenvalue weighted by Crippen LogP contribution is 2.32. The van der Waals surface area contributed by atoms with Crippen molar-refractivity contribution in [2.45, 2.75) is 17.9 Å². The van der Waals surface area contributed by atoms with Crippen molar-refractivity contribution in [3.8, 4) is 0 Å². The summed E-state index contributed by atoms with van der Waals surface area (Å²) in [5, 5.41) is 2.92. The van der Waals surface area contributed by atoms with Gasteiger partial charge in [-0.1, -0.05) is 0 Å². The van der Waals surface area contributed by atoms with Crippen LogP contribution in [0.2, 0.25) is 0 Å². The zero-order valence-corrected chi connectivity index (χ0v) is 16.3. The highest BCUT2D eigenvalue weighted by Gasteiger charge is 2.32. The number of benzene rings is 1. The van der Waals surface area contributed by atoms with E-state index in [9.17, 15) is 22.0 Å². The van der Waals surface area contributed by atoms with Gasteiger partial charge in [0.1, 0.15) is 22.2 Å². The molecule has 8 nitrogen and oxygen atoms in total. The summed E-state index contributed by atoms with van der Waals surface area (Å²) in [6.07, 6.45) is 4.44. The summed E-state index contributed by atoms with van der Waals surface area (Å²) < 4.78 is 53.7. The topological polar surface area (TPSA) is 105 Å². The summed E-state index contributed by atoms with van der Waals surface area (Å²) in [6, 6.07) is 2.35. The van der Waals surface area contributed by atoms with E-state index in [1.165, 1.54) is 18.6 Å². The number of nitrogens with one attached hydrogen (secondary N) is 1. The molecule has 1 aliphatic rings. The van der Waals surface area contributed by atoms with Crippen molar-refractivity contribution in [2.24, 2.45) is 0 Å². The van der Waals surface area contributed by atoms with Crippen LogP contribution in [-0.4, -0.2) is 40.1 Å². The summed E-state index contributed by atoms with van der Waals surface area (Å²) >= 11 is 1.13. The van der Waals surface area contributed by atoms with Gasteiger partial charge in [0.05, 0.1) is 18.4 Å². The molecule has 2 aromatic heterocycles. The van der Waals surface area contributed by atoms with Crippen LogP contribution in [0.4, 0.5) is 13.9 Å². The van der Waals surface area contributed by atoms with Crippen LogP contribution in [0.5, 0.6) is 0 Å². The molecule has 0 fully saturated rings. The molecule has 0 atom stereocenters. The zero-order valence-electron chi connectivity index (χ0n) is 14.7. The normalized spacial score (nSPS) is 14.4. The number of nitrogens with zero attached hydrogens (tertiary/aromatic N) is 4. The molecular weight excluding hydrogens is 424 g/mol. The van der Waals surface area contributed by atoms with Crippen LogP contribution in [0.3, 0.4) is 0 Å². The second kappa shape index (κ2) is 7.54. The molecule has 29 heavy (non-hydrogen) atoms. The van der Waals surface area contributed by atoms with E-state index in [0.29, 0.717) is 28.2 Å². The summed E-state index contributed by atoms with van der Waals surface area (Å²) in [4.78, 5) is 24.3. The Morgan fingerprint density at radius 1 is 1.24 bits per heavy atom. The van der Waals surface area contributed by atoms with E-state index in [2.05, 4.69) is 20.3 Å². The summed E-state index contributed by atoms with van der Waals surface area (Å²) in [5.74, 6) is -2.48. The zero-order chi connectivity index (χ0) is 20.6. The second-order valence-electron chi connectivity index (χ2n) is 6.10. The van der Waals surface area contributed by atoms with Gasteiger partial charge >= 0.3 is 0 Å². The number of fused-ring (bicyclic) bond motifs is 1. The first-order valence-electron chi connectivity index (χ1n) is 8.36. The molecule has 0 saturated heterocycles. The van der Waals surface area contributed by atoms with E-state index < -0.39 is 32.5 Å². The first-order valence-corrected chi connectivity index (χ1v) is 10.6. The Morgan fingerprint density at radius 2 is 2.07 bits per heavy atom. The highest BCUT2D eigenvalue weighted by atomic mass is 32.2. The van der Waals surface area contributed by atoms with E-state index in [1.54, 1.807) is 0 Å². The van der Waals surface area contributed by atoms with Crippen LogP contribution >= 0.6 is 11.3 Å². The van der Waals surface area contributed by atoms with Crippen LogP contribution in [-0.2, 0) is 23.0 Å². The van der Waals surface area contributed by atoms with Crippen LogP contribution in [0.25, 0.3) is 0 Å². The Hall–Kier alpha value is -2.83. The Bertz CT molecular complexity index is 1190. The maximum absolute atomic E-state index is 14.0. The number of sulfonamides is 1. The van der Waals surface area contributed by atoms with Gasteiger partial charge in [0.2, 0.25) is 10.0 Å². The number of carbonyl (C=O) groups is 1. The highest BCUT2D eigenvalue weighted by molar-refractivity contribution is 7.89. The molecule has 0 spiro atoms. The van der Waals surface area contributed by atoms with E-state index >= 15 is 0 Å². The first kappa shape index (κ1) is 19.5. The van der Waals surface area contributed by atoms with E-state index in [0.717, 1.165) is 27.8 Å². The van der Waals surface area contributed by atoms with Crippen LogP contribution in [0, 0.1) is 11.6 Å². The molecule has 0 radical (unpaired) electrons. The number of thiazole rings is 1. The van der Waals surface area contributed by atoms with Crippen molar-refractivity contribution in [1.82, 2.24) is 19.3 Å². The van der Waals surface area contributed by atoms with Crippen molar-refractivity contribution in [3.05, 3.63) is 64.7 Å². The fourth-order valence-corrected chi connectivity index (χ4v) is 5.39. The number of aromatic nitrogens is 3. The van der Waals surface area contributed by atoms with Gasteiger partial charge in [-0.15, -0.1) is 11.3 Å². The predicted octanol–water partition coefficient (Wildman–Crippen LogP) is 2.21. The van der Waals surface area contributed by atoms with Crippen molar-refractivity contribution in [3.63, 3.8) is 0 Å². The molecule has 1 N–H and O–H groups in total. The molecule has 3 heterocycles. The summed E-state index contributed by atoms with van der Waals surface area (Å²) in [6.45, 7) is 0.0700. The number of hydrogen-bond acceptors (Lipinski definition) is 7. The molecule has 0 aliphatic carbocycles. The Morgan fingerprint density at radius 3 is 2.79 bits per heavy atom. The lowest BCUT2D eigenvalue weighted by Crippen LogP contribution is -2.36. The second-order valence-corrected chi connectivity index (χ2v) is 9.09. The van der Waals surface area contributed by atoms with Gasteiger partial charge in [0.25, 0.3) is 5.91 Å². The van der Waals surface area contributed by atoms with Gasteiger partial charge in [-0.3, -0.25) is 15.1 Å². The van der Waals surface area contributed by atoms with Crippen molar-refractivity contribution < 1.29 is 22.0 Å². The van der Waals surface area contributed by atoms with E-state index in [-0.39, 0.29) is 18.8 Å². The lowest BCUT2D eigenvalue weighted by molar-refractivity contribution is 0.102. The summed E-state index contributed by atoms with van der Waals surface area (Å²) in [7, 11) is -4.14. The van der Waals surface area contributed by atoms with Crippen LogP contribution in [0.15, 0.2) is 41.7 Å². The number of halogens is 2. The fourth-order valence-electron chi connectivity index (χ4n) is 2.83. The number of anilines is 1. The monoisotopic (exact) mass is 437 g/mol. The van der Waals surface area contributed by atoms with Gasteiger partial charge < -0.3 is 0 Å². The van der Waals surface area contributed by atoms with Gasteiger partial charge in [-0.2, -0.15) is 4.31 Å². The number of amides is 1. The Balaban J connectivity index is 1.54. The van der Waals surface area contributed by atoms with Gasteiger partial charge in [-0.05, 0) is 12.1 Å². The average molecular weight is 437 g/mol. The molecule has 1 aromatic carbocycles. The van der Waals surface area contributed by atoms with Gasteiger partial charge in [-0.25, -0.2) is 27.2 Å². The lowest BCUT2D eigenvalue weighted by Gasteiger charge is -2.25. The molecule has 150 valence electrons. The maximum atomic E-state index is 14.0. The van der Waals surface area contributed by atoms with E-state index in [1.807, 2.05) is 0 Å². The predicted molar refractivity (Wildman–Crippen MR) is 99.8 cm³/mol. The van der Waals surface area contributed by atoms with Crippen molar-refractivity contribution in [1.29, 1.82) is 0 Å². The first-order chi connectivity index (χ1) is 13.8. The molecule has 0 saturated carbocycles. The van der Waals surface area contributed by atoms with Gasteiger partial charge in [0, 0.05) is 36.3 Å². The fraction of sp³-hybridized carbons (Fsp3) is 0.176. The molecule has 1 amide bonds. The molecule has 0 bridgehead atoms. The summed E-state index contributed by atoms with van der Waals surface area (Å²) in [5.41, 5.74) is 0.784. The molecule has 3 aromatic rings. The van der Waals surface area contributed by atoms with Crippen molar-refractivity contribution >= 4 is 32.4 Å². The van der Waals surface area contributed by atoms with E-state index in [4.69, 9.17) is 0 Å². The largest absolute Gasteiger partial charge is 0.296 e. The van der Waals surface area contributed by atoms with Crippen molar-refractivity contribution in [2.75, 3.05) is 11.9 Å². The Kier molecular flexibility index (Phi) is 5.06. The molecule has 12 heteroatoms. The quantitative estimate of drug-likeness (QED) is 0.671. The average Bonchev–Trinajstić information content (AvgIpc) is 3.09. The van der Waals surface area contributed by atoms with Crippen LogP contribution in [0.1, 0.15) is 21.1 Å². The minimum atomic E-state index is -4.14. The third-order valence-corrected chi connectivity index (χ3v) is 7.10. The lowest BCUT2D eigenvalue weighted by atomic mass is 10.2. The van der Waals surface area contributed by atoms with Crippen LogP contribution < -0.4 is 5.32 Å². The van der Waals surface area contributed by atoms with Gasteiger partial charge in [0.15, 0.2) is 5.13 Å². The molecule has 0 unspecified atom stereocenters. The molecule has 4 rings (SSSR count).